The molecule has 0 saturated heterocycles. The Labute approximate surface area is 98.9 Å². The summed E-state index contributed by atoms with van der Waals surface area (Å²) < 4.78 is 20.2. The van der Waals surface area contributed by atoms with Gasteiger partial charge in [0.1, 0.15) is 6.61 Å². The molecule has 2 heterocycles. The number of fused-ring (bicyclic) bond motifs is 1. The molecule has 2 rings (SSSR count). The van der Waals surface area contributed by atoms with Crippen LogP contribution in [0, 0.1) is 5.82 Å². The van der Waals surface area contributed by atoms with Gasteiger partial charge in [-0.05, 0) is 13.3 Å². The van der Waals surface area contributed by atoms with Gasteiger partial charge in [0.2, 0.25) is 11.7 Å². The third-order valence-electron chi connectivity index (χ3n) is 2.71. The first-order valence-corrected chi connectivity index (χ1v) is 5.83. The van der Waals surface area contributed by atoms with Crippen LogP contribution >= 0.6 is 0 Å². The van der Waals surface area contributed by atoms with Gasteiger partial charge >= 0.3 is 0 Å². The molecule has 17 heavy (non-hydrogen) atoms. The summed E-state index contributed by atoms with van der Waals surface area (Å²) >= 11 is 0. The largest absolute Gasteiger partial charge is 0.474 e. The molecule has 1 atom stereocenters. The molecule has 0 bridgehead atoms. The monoisotopic (exact) mass is 241 g/mol. The Balaban J connectivity index is 2.10. The fraction of sp³-hybridized carbons (Fsp3) is 0.636. The zero-order chi connectivity index (χ0) is 12.4. The predicted octanol–water partition coefficient (Wildman–Crippen LogP) is 1.33. The minimum Gasteiger partial charge on any atom is -0.474 e. The van der Waals surface area contributed by atoms with Gasteiger partial charge in [-0.15, -0.1) is 0 Å². The summed E-state index contributed by atoms with van der Waals surface area (Å²) in [6, 6.07) is 0.0179. The van der Waals surface area contributed by atoms with Gasteiger partial charge in [0, 0.05) is 6.04 Å². The molecule has 94 valence electrons. The topological polar surface area (TPSA) is 56.2 Å². The van der Waals surface area contributed by atoms with E-state index in [4.69, 9.17) is 4.74 Å². The molecule has 1 aliphatic rings. The summed E-state index contributed by atoms with van der Waals surface area (Å²) in [5, 5.41) is 6.62. The third kappa shape index (κ3) is 2.25. The molecule has 0 spiro atoms. The Morgan fingerprint density at radius 3 is 3.12 bits per heavy atom. The van der Waals surface area contributed by atoms with Crippen molar-refractivity contribution in [3.8, 4) is 5.88 Å². The van der Waals surface area contributed by atoms with Crippen molar-refractivity contribution in [1.82, 2.24) is 15.1 Å². The van der Waals surface area contributed by atoms with Gasteiger partial charge < -0.3 is 10.1 Å². The lowest BCUT2D eigenvalue weighted by molar-refractivity contribution is 0.0927. The second-order valence-electron chi connectivity index (χ2n) is 4.20. The van der Waals surface area contributed by atoms with Crippen LogP contribution in [0.3, 0.4) is 0 Å². The smallest absolute Gasteiger partial charge is 0.275 e. The zero-order valence-corrected chi connectivity index (χ0v) is 9.99. The Morgan fingerprint density at radius 2 is 2.47 bits per heavy atom. The first-order valence-electron chi connectivity index (χ1n) is 5.83. The summed E-state index contributed by atoms with van der Waals surface area (Å²) in [7, 11) is 0. The molecule has 1 unspecified atom stereocenters. The summed E-state index contributed by atoms with van der Waals surface area (Å²) in [6.07, 6.45) is 1.82. The Morgan fingerprint density at radius 1 is 1.71 bits per heavy atom. The normalized spacial score (nSPS) is 15.2. The predicted molar refractivity (Wildman–Crippen MR) is 59.5 cm³/mol. The number of nitrogens with one attached hydrogen (secondary N) is 1. The van der Waals surface area contributed by atoms with E-state index in [-0.39, 0.29) is 17.6 Å². The number of nitrogens with zero attached hydrogens (tertiary/aromatic N) is 2. The van der Waals surface area contributed by atoms with Crippen molar-refractivity contribution in [1.29, 1.82) is 0 Å². The van der Waals surface area contributed by atoms with Crippen LogP contribution in [0.2, 0.25) is 0 Å². The van der Waals surface area contributed by atoms with Gasteiger partial charge in [0.05, 0.1) is 6.54 Å². The molecule has 0 radical (unpaired) electrons. The first kappa shape index (κ1) is 11.9. The van der Waals surface area contributed by atoms with Crippen molar-refractivity contribution in [2.75, 3.05) is 6.61 Å². The quantitative estimate of drug-likeness (QED) is 0.865. The molecule has 1 amide bonds. The summed E-state index contributed by atoms with van der Waals surface area (Å²) in [5.41, 5.74) is -0.178. The van der Waals surface area contributed by atoms with Gasteiger partial charge in [0.25, 0.3) is 5.91 Å². The Hall–Kier alpha value is -1.59. The molecule has 1 N–H and O–H groups in total. The molecular formula is C11H16FN3O2. The van der Waals surface area contributed by atoms with Crippen molar-refractivity contribution < 1.29 is 13.9 Å². The van der Waals surface area contributed by atoms with E-state index in [1.54, 1.807) is 0 Å². The number of aromatic nitrogens is 2. The van der Waals surface area contributed by atoms with Crippen LogP contribution < -0.4 is 10.1 Å². The van der Waals surface area contributed by atoms with Crippen molar-refractivity contribution in [3.05, 3.63) is 11.5 Å². The molecule has 6 heteroatoms. The number of hydrogen-bond acceptors (Lipinski definition) is 3. The number of halogens is 1. The number of amides is 1. The highest BCUT2D eigenvalue weighted by molar-refractivity contribution is 5.93. The van der Waals surface area contributed by atoms with Crippen LogP contribution in [-0.4, -0.2) is 28.3 Å². The average Bonchev–Trinajstić information content (AvgIpc) is 2.82. The van der Waals surface area contributed by atoms with E-state index < -0.39 is 11.7 Å². The van der Waals surface area contributed by atoms with Crippen LogP contribution in [0.4, 0.5) is 4.39 Å². The molecule has 0 aromatic carbocycles. The van der Waals surface area contributed by atoms with E-state index in [0.29, 0.717) is 13.2 Å². The lowest BCUT2D eigenvalue weighted by atomic mass is 10.2. The summed E-state index contributed by atoms with van der Waals surface area (Å²) in [5.74, 6) is -1.07. The second kappa shape index (κ2) is 4.73. The van der Waals surface area contributed by atoms with Crippen molar-refractivity contribution >= 4 is 5.91 Å². The minimum absolute atomic E-state index is 0.0179. The molecule has 1 aliphatic heterocycles. The zero-order valence-electron chi connectivity index (χ0n) is 9.99. The minimum atomic E-state index is -0.663. The maximum Gasteiger partial charge on any atom is 0.275 e. The summed E-state index contributed by atoms with van der Waals surface area (Å²) in [4.78, 5) is 11.8. The number of rotatable bonds is 4. The molecule has 1 aromatic rings. The molecule has 5 nitrogen and oxygen atoms in total. The SMILES string of the molecule is CCCC(C)NC(=O)c1nn2c(c1F)OCC2. The van der Waals surface area contributed by atoms with Crippen LogP contribution in [-0.2, 0) is 6.54 Å². The Kier molecular flexibility index (Phi) is 3.31. The molecule has 0 saturated carbocycles. The number of carbonyl (C=O) groups is 1. The van der Waals surface area contributed by atoms with Gasteiger partial charge in [-0.1, -0.05) is 13.3 Å². The van der Waals surface area contributed by atoms with Crippen LogP contribution in [0.25, 0.3) is 0 Å². The van der Waals surface area contributed by atoms with Crippen LogP contribution in [0.5, 0.6) is 5.88 Å². The van der Waals surface area contributed by atoms with Crippen LogP contribution in [0.1, 0.15) is 37.2 Å². The van der Waals surface area contributed by atoms with Gasteiger partial charge in [-0.2, -0.15) is 9.49 Å². The van der Waals surface area contributed by atoms with Crippen molar-refractivity contribution in [3.63, 3.8) is 0 Å². The van der Waals surface area contributed by atoms with E-state index in [1.165, 1.54) is 4.68 Å². The van der Waals surface area contributed by atoms with Crippen molar-refractivity contribution in [2.45, 2.75) is 39.3 Å². The first-order chi connectivity index (χ1) is 8.13. The van der Waals surface area contributed by atoms with Gasteiger partial charge in [0.15, 0.2) is 5.69 Å². The number of carbonyl (C=O) groups excluding carboxylic acids is 1. The van der Waals surface area contributed by atoms with Crippen molar-refractivity contribution in [2.24, 2.45) is 0 Å². The molecular weight excluding hydrogens is 225 g/mol. The van der Waals surface area contributed by atoms with E-state index in [9.17, 15) is 9.18 Å². The molecule has 1 aromatic heterocycles. The lowest BCUT2D eigenvalue weighted by Crippen LogP contribution is -2.33. The summed E-state index contributed by atoms with van der Waals surface area (Å²) in [6.45, 7) is 4.82. The standard InChI is InChI=1S/C11H16FN3O2/c1-3-4-7(2)13-10(16)9-8(12)11-15(14-9)5-6-17-11/h7H,3-6H2,1-2H3,(H,13,16). The highest BCUT2D eigenvalue weighted by Crippen LogP contribution is 2.24. The van der Waals surface area contributed by atoms with E-state index in [2.05, 4.69) is 10.4 Å². The van der Waals surface area contributed by atoms with Crippen LogP contribution in [0.15, 0.2) is 0 Å². The fourth-order valence-electron chi connectivity index (χ4n) is 1.89. The van der Waals surface area contributed by atoms with Gasteiger partial charge in [-0.3, -0.25) is 4.79 Å². The van der Waals surface area contributed by atoms with Gasteiger partial charge in [-0.25, -0.2) is 4.68 Å². The number of hydrogen-bond donors (Lipinski definition) is 1. The third-order valence-corrected chi connectivity index (χ3v) is 2.71. The second-order valence-corrected chi connectivity index (χ2v) is 4.20. The Bertz CT molecular complexity index is 431. The lowest BCUT2D eigenvalue weighted by Gasteiger charge is -2.11. The maximum absolute atomic E-state index is 13.8. The molecule has 0 aliphatic carbocycles. The molecule has 0 fully saturated rings. The van der Waals surface area contributed by atoms with E-state index in [1.807, 2.05) is 13.8 Å². The fourth-order valence-corrected chi connectivity index (χ4v) is 1.89. The maximum atomic E-state index is 13.8. The highest BCUT2D eigenvalue weighted by Gasteiger charge is 2.28. The number of ether oxygens (including phenoxy) is 1. The highest BCUT2D eigenvalue weighted by atomic mass is 19.1. The van der Waals surface area contributed by atoms with E-state index >= 15 is 0 Å². The average molecular weight is 241 g/mol. The van der Waals surface area contributed by atoms with E-state index in [0.717, 1.165) is 12.8 Å².